The molecule has 0 radical (unpaired) electrons. The van der Waals surface area contributed by atoms with Crippen LogP contribution in [0, 0.1) is 13.8 Å². The van der Waals surface area contributed by atoms with Crippen LogP contribution in [0.1, 0.15) is 34.0 Å². The number of carbonyl (C=O) groups is 1. The number of rotatable bonds is 7. The third-order valence-electron chi connectivity index (χ3n) is 4.65. The Morgan fingerprint density at radius 3 is 2.48 bits per heavy atom. The van der Waals surface area contributed by atoms with Crippen LogP contribution in [0.5, 0.6) is 11.5 Å². The molecule has 3 aromatic carbocycles. The molecule has 29 heavy (non-hydrogen) atoms. The van der Waals surface area contributed by atoms with Crippen LogP contribution in [0.3, 0.4) is 0 Å². The Morgan fingerprint density at radius 2 is 1.76 bits per heavy atom. The third-order valence-corrected chi connectivity index (χ3v) is 4.93. The van der Waals surface area contributed by atoms with Gasteiger partial charge >= 0.3 is 0 Å². The molecule has 1 amide bonds. The molecule has 0 bridgehead atoms. The molecule has 0 unspecified atom stereocenters. The molecule has 0 aliphatic rings. The van der Waals surface area contributed by atoms with Crippen molar-refractivity contribution in [3.8, 4) is 11.5 Å². The van der Waals surface area contributed by atoms with Crippen molar-refractivity contribution in [3.63, 3.8) is 0 Å². The van der Waals surface area contributed by atoms with E-state index < -0.39 is 0 Å². The van der Waals surface area contributed by atoms with Crippen molar-refractivity contribution in [3.05, 3.63) is 87.9 Å². The Balaban J connectivity index is 1.87. The number of nitrogens with one attached hydrogen (secondary N) is 1. The summed E-state index contributed by atoms with van der Waals surface area (Å²) in [6.07, 6.45) is 0. The van der Waals surface area contributed by atoms with Gasteiger partial charge in [-0.3, -0.25) is 4.79 Å². The van der Waals surface area contributed by atoms with Crippen molar-refractivity contribution in [2.24, 2.45) is 0 Å². The van der Waals surface area contributed by atoms with Crippen LogP contribution >= 0.6 is 11.6 Å². The van der Waals surface area contributed by atoms with Gasteiger partial charge in [-0.15, -0.1) is 0 Å². The normalized spacial score (nSPS) is 10.5. The van der Waals surface area contributed by atoms with Gasteiger partial charge < -0.3 is 14.8 Å². The molecule has 0 fully saturated rings. The lowest BCUT2D eigenvalue weighted by Crippen LogP contribution is -2.14. The van der Waals surface area contributed by atoms with Crippen LogP contribution in [0.4, 0.5) is 5.69 Å². The second-order valence-electron chi connectivity index (χ2n) is 6.69. The smallest absolute Gasteiger partial charge is 0.255 e. The molecular formula is C24H24ClNO3. The first-order valence-electron chi connectivity index (χ1n) is 9.50. The lowest BCUT2D eigenvalue weighted by atomic mass is 10.1. The van der Waals surface area contributed by atoms with E-state index in [1.165, 1.54) is 0 Å². The average molecular weight is 410 g/mol. The van der Waals surface area contributed by atoms with Crippen LogP contribution in [-0.2, 0) is 6.61 Å². The first-order valence-corrected chi connectivity index (χ1v) is 9.88. The lowest BCUT2D eigenvalue weighted by molar-refractivity contribution is 0.102. The molecule has 0 heterocycles. The summed E-state index contributed by atoms with van der Waals surface area (Å²) in [7, 11) is 0. The zero-order valence-electron chi connectivity index (χ0n) is 16.8. The van der Waals surface area contributed by atoms with E-state index in [-0.39, 0.29) is 5.91 Å². The summed E-state index contributed by atoms with van der Waals surface area (Å²) in [6, 6.07) is 18.9. The fourth-order valence-electron chi connectivity index (χ4n) is 2.91. The average Bonchev–Trinajstić information content (AvgIpc) is 2.72. The minimum absolute atomic E-state index is 0.256. The Hall–Kier alpha value is -2.98. The topological polar surface area (TPSA) is 47.6 Å². The first-order chi connectivity index (χ1) is 14.0. The largest absolute Gasteiger partial charge is 0.488 e. The molecule has 3 rings (SSSR count). The van der Waals surface area contributed by atoms with E-state index in [9.17, 15) is 4.79 Å². The molecule has 0 aliphatic carbocycles. The Bertz CT molecular complexity index is 1000. The van der Waals surface area contributed by atoms with Gasteiger partial charge in [0.25, 0.3) is 5.91 Å². The fraction of sp³-hybridized carbons (Fsp3) is 0.208. The van der Waals surface area contributed by atoms with E-state index in [1.54, 1.807) is 12.1 Å². The SMILES string of the molecule is CCOc1c(Cl)cc(C(=O)Nc2cccc(C)c2C)cc1OCc1ccccc1. The summed E-state index contributed by atoms with van der Waals surface area (Å²) in [5.74, 6) is 0.621. The monoisotopic (exact) mass is 409 g/mol. The van der Waals surface area contributed by atoms with Crippen LogP contribution in [0.2, 0.25) is 5.02 Å². The van der Waals surface area contributed by atoms with E-state index in [2.05, 4.69) is 5.32 Å². The summed E-state index contributed by atoms with van der Waals surface area (Å²) in [5, 5.41) is 3.29. The maximum atomic E-state index is 12.9. The minimum atomic E-state index is -0.256. The molecule has 150 valence electrons. The van der Waals surface area contributed by atoms with Gasteiger partial charge in [-0.05, 0) is 55.7 Å². The van der Waals surface area contributed by atoms with Gasteiger partial charge in [0.1, 0.15) is 6.61 Å². The summed E-state index contributed by atoms with van der Waals surface area (Å²) in [6.45, 7) is 6.64. The minimum Gasteiger partial charge on any atom is -0.488 e. The lowest BCUT2D eigenvalue weighted by Gasteiger charge is -2.16. The van der Waals surface area contributed by atoms with E-state index in [0.717, 1.165) is 22.4 Å². The standard InChI is InChI=1S/C24H24ClNO3/c1-4-28-23-20(25)13-19(14-22(23)29-15-18-10-6-5-7-11-18)24(27)26-21-12-8-9-16(2)17(21)3/h5-14H,4,15H2,1-3H3,(H,26,27). The maximum absolute atomic E-state index is 12.9. The maximum Gasteiger partial charge on any atom is 0.255 e. The number of ether oxygens (including phenoxy) is 2. The molecule has 4 nitrogen and oxygen atoms in total. The molecule has 0 atom stereocenters. The summed E-state index contributed by atoms with van der Waals surface area (Å²) >= 11 is 6.41. The van der Waals surface area contributed by atoms with Gasteiger partial charge in [-0.1, -0.05) is 54.1 Å². The third kappa shape index (κ3) is 5.09. The molecule has 0 spiro atoms. The number of carbonyl (C=O) groups excluding carboxylic acids is 1. The van der Waals surface area contributed by atoms with Crippen LogP contribution in [-0.4, -0.2) is 12.5 Å². The van der Waals surface area contributed by atoms with E-state index >= 15 is 0 Å². The van der Waals surface area contributed by atoms with Gasteiger partial charge in [0.05, 0.1) is 11.6 Å². The number of anilines is 1. The summed E-state index contributed by atoms with van der Waals surface area (Å²) in [5.41, 5.74) is 4.32. The predicted molar refractivity (Wildman–Crippen MR) is 117 cm³/mol. The van der Waals surface area contributed by atoms with Crippen molar-refractivity contribution in [1.82, 2.24) is 0 Å². The number of halogens is 1. The molecule has 3 aromatic rings. The Labute approximate surface area is 176 Å². The van der Waals surface area contributed by atoms with Gasteiger partial charge in [0.15, 0.2) is 11.5 Å². The van der Waals surface area contributed by atoms with Gasteiger partial charge in [-0.25, -0.2) is 0 Å². The van der Waals surface area contributed by atoms with Gasteiger partial charge in [0, 0.05) is 11.3 Å². The van der Waals surface area contributed by atoms with E-state index in [1.807, 2.05) is 69.3 Å². The molecule has 0 saturated carbocycles. The number of hydrogen-bond acceptors (Lipinski definition) is 3. The van der Waals surface area contributed by atoms with Crippen molar-refractivity contribution < 1.29 is 14.3 Å². The number of amides is 1. The number of hydrogen-bond donors (Lipinski definition) is 1. The first kappa shape index (κ1) is 20.7. The van der Waals surface area contributed by atoms with Crippen LogP contribution < -0.4 is 14.8 Å². The summed E-state index contributed by atoms with van der Waals surface area (Å²) in [4.78, 5) is 12.9. The second-order valence-corrected chi connectivity index (χ2v) is 7.10. The Morgan fingerprint density at radius 1 is 1.00 bits per heavy atom. The van der Waals surface area contributed by atoms with Crippen molar-refractivity contribution in [2.45, 2.75) is 27.4 Å². The molecular weight excluding hydrogens is 386 g/mol. The van der Waals surface area contributed by atoms with Gasteiger partial charge in [0.2, 0.25) is 0 Å². The zero-order valence-corrected chi connectivity index (χ0v) is 17.5. The van der Waals surface area contributed by atoms with Crippen LogP contribution in [0.15, 0.2) is 60.7 Å². The van der Waals surface area contributed by atoms with Gasteiger partial charge in [-0.2, -0.15) is 0 Å². The molecule has 1 N–H and O–H groups in total. The highest BCUT2D eigenvalue weighted by molar-refractivity contribution is 6.32. The fourth-order valence-corrected chi connectivity index (χ4v) is 3.17. The second kappa shape index (κ2) is 9.48. The quantitative estimate of drug-likeness (QED) is 0.506. The highest BCUT2D eigenvalue weighted by Gasteiger charge is 2.17. The predicted octanol–water partition coefficient (Wildman–Crippen LogP) is 6.19. The zero-order chi connectivity index (χ0) is 20.8. The molecule has 5 heteroatoms. The highest BCUT2D eigenvalue weighted by atomic mass is 35.5. The molecule has 0 saturated heterocycles. The van der Waals surface area contributed by atoms with E-state index in [0.29, 0.717) is 35.3 Å². The summed E-state index contributed by atoms with van der Waals surface area (Å²) < 4.78 is 11.6. The molecule has 0 aliphatic heterocycles. The van der Waals surface area contributed by atoms with Crippen molar-refractivity contribution >= 4 is 23.2 Å². The van der Waals surface area contributed by atoms with Crippen LogP contribution in [0.25, 0.3) is 0 Å². The van der Waals surface area contributed by atoms with Crippen molar-refractivity contribution in [2.75, 3.05) is 11.9 Å². The Kier molecular flexibility index (Phi) is 6.78. The molecule has 0 aromatic heterocycles. The number of benzene rings is 3. The highest BCUT2D eigenvalue weighted by Crippen LogP contribution is 2.37. The van der Waals surface area contributed by atoms with Crippen molar-refractivity contribution in [1.29, 1.82) is 0 Å². The van der Waals surface area contributed by atoms with E-state index in [4.69, 9.17) is 21.1 Å². The number of aryl methyl sites for hydroxylation is 1.